The number of aliphatic hydroxyl groups is 1. The molecule has 0 bridgehead atoms. The first kappa shape index (κ1) is 28.4. The number of nitrogens with one attached hydrogen (secondary N) is 1. The van der Waals surface area contributed by atoms with Gasteiger partial charge in [-0.25, -0.2) is 9.78 Å². The van der Waals surface area contributed by atoms with Gasteiger partial charge in [-0.1, -0.05) is 48.5 Å². The number of carboxylic acid groups (broad SMARTS) is 1. The average molecular weight is 572 g/mol. The van der Waals surface area contributed by atoms with Crippen molar-refractivity contribution in [3.63, 3.8) is 0 Å². The van der Waals surface area contributed by atoms with Gasteiger partial charge in [0.1, 0.15) is 5.03 Å². The van der Waals surface area contributed by atoms with Gasteiger partial charge in [-0.05, 0) is 41.0 Å². The number of aromatic nitrogens is 2. The summed E-state index contributed by atoms with van der Waals surface area (Å²) >= 11 is 1.34. The van der Waals surface area contributed by atoms with E-state index in [0.29, 0.717) is 29.3 Å². The molecule has 2 aromatic carbocycles. The number of carboxylic acids is 1. The topological polar surface area (TPSA) is 131 Å². The highest BCUT2D eigenvalue weighted by Gasteiger charge is 2.32. The highest BCUT2D eigenvalue weighted by molar-refractivity contribution is 7.99. The van der Waals surface area contributed by atoms with Crippen molar-refractivity contribution in [3.8, 4) is 0 Å². The number of aromatic carboxylic acids is 1. The number of rotatable bonds is 10. The van der Waals surface area contributed by atoms with E-state index in [1.807, 2.05) is 48.5 Å². The molecule has 1 aliphatic rings. The van der Waals surface area contributed by atoms with Crippen LogP contribution in [0, 0.1) is 0 Å². The number of ether oxygens (including phenoxy) is 2. The number of carbonyl (C=O) groups excluding carboxylic acids is 1. The van der Waals surface area contributed by atoms with Gasteiger partial charge >= 0.3 is 5.97 Å². The minimum absolute atomic E-state index is 0.0398. The van der Waals surface area contributed by atoms with Crippen LogP contribution in [-0.2, 0) is 22.6 Å². The summed E-state index contributed by atoms with van der Waals surface area (Å²) in [6, 6.07) is 21.9. The summed E-state index contributed by atoms with van der Waals surface area (Å²) in [5.41, 5.74) is 4.17. The van der Waals surface area contributed by atoms with Crippen molar-refractivity contribution in [2.45, 2.75) is 43.1 Å². The SMILES string of the molecule is O=C(NCc1ccc([C@@H]2O[C@H](CSc3ncccc3C(=O)O)C[C@H](c3ccc(CO)cc3)O2)cc1)c1cccnc1. The molecule has 9 nitrogen and oxygen atoms in total. The van der Waals surface area contributed by atoms with Crippen LogP contribution in [0.25, 0.3) is 0 Å². The van der Waals surface area contributed by atoms with Crippen LogP contribution in [-0.4, -0.2) is 43.9 Å². The maximum Gasteiger partial charge on any atom is 0.338 e. The smallest absolute Gasteiger partial charge is 0.338 e. The van der Waals surface area contributed by atoms with Gasteiger partial charge in [0, 0.05) is 42.9 Å². The third-order valence-corrected chi connectivity index (χ3v) is 7.79. The monoisotopic (exact) mass is 571 g/mol. The molecule has 3 N–H and O–H groups in total. The first-order chi connectivity index (χ1) is 20.0. The number of benzene rings is 2. The lowest BCUT2D eigenvalue weighted by Crippen LogP contribution is -2.31. The van der Waals surface area contributed by atoms with Crippen molar-refractivity contribution in [2.75, 3.05) is 5.75 Å². The summed E-state index contributed by atoms with van der Waals surface area (Å²) in [6.07, 6.45) is 4.11. The zero-order valence-corrected chi connectivity index (χ0v) is 22.9. The lowest BCUT2D eigenvalue weighted by molar-refractivity contribution is -0.245. The maximum absolute atomic E-state index is 12.4. The van der Waals surface area contributed by atoms with Gasteiger partial charge in [0.05, 0.1) is 29.9 Å². The minimum Gasteiger partial charge on any atom is -0.478 e. The third kappa shape index (κ3) is 7.36. The molecule has 1 saturated heterocycles. The van der Waals surface area contributed by atoms with E-state index >= 15 is 0 Å². The number of amides is 1. The van der Waals surface area contributed by atoms with E-state index in [9.17, 15) is 19.8 Å². The number of aliphatic hydroxyl groups excluding tert-OH is 1. The Balaban J connectivity index is 1.29. The van der Waals surface area contributed by atoms with Crippen molar-refractivity contribution in [2.24, 2.45) is 0 Å². The van der Waals surface area contributed by atoms with E-state index in [1.54, 1.807) is 30.6 Å². The Hall–Kier alpha value is -4.09. The number of hydrogen-bond acceptors (Lipinski definition) is 8. The summed E-state index contributed by atoms with van der Waals surface area (Å²) in [5, 5.41) is 22.3. The number of thioether (sulfide) groups is 1. The van der Waals surface area contributed by atoms with Crippen molar-refractivity contribution >= 4 is 23.6 Å². The van der Waals surface area contributed by atoms with E-state index in [-0.39, 0.29) is 30.3 Å². The molecule has 10 heteroatoms. The van der Waals surface area contributed by atoms with E-state index in [2.05, 4.69) is 15.3 Å². The Morgan fingerprint density at radius 1 is 0.927 bits per heavy atom. The molecule has 3 atom stereocenters. The van der Waals surface area contributed by atoms with Crippen LogP contribution in [0.15, 0.2) is 96.4 Å². The van der Waals surface area contributed by atoms with E-state index < -0.39 is 12.3 Å². The van der Waals surface area contributed by atoms with Gasteiger partial charge in [-0.3, -0.25) is 9.78 Å². The van der Waals surface area contributed by atoms with Gasteiger partial charge in [0.25, 0.3) is 5.91 Å². The van der Waals surface area contributed by atoms with Crippen LogP contribution in [0.5, 0.6) is 0 Å². The Kier molecular flexibility index (Phi) is 9.37. The Morgan fingerprint density at radius 2 is 1.66 bits per heavy atom. The molecule has 0 spiro atoms. The van der Waals surface area contributed by atoms with Crippen LogP contribution < -0.4 is 5.32 Å². The molecular formula is C31H29N3O6S. The van der Waals surface area contributed by atoms with Gasteiger partial charge in [-0.2, -0.15) is 0 Å². The first-order valence-electron chi connectivity index (χ1n) is 13.1. The van der Waals surface area contributed by atoms with Crippen LogP contribution in [0.3, 0.4) is 0 Å². The normalized spacial score (nSPS) is 18.5. The van der Waals surface area contributed by atoms with Crippen molar-refractivity contribution in [3.05, 3.63) is 125 Å². The number of nitrogens with zero attached hydrogens (tertiary/aromatic N) is 2. The summed E-state index contributed by atoms with van der Waals surface area (Å²) < 4.78 is 12.7. The van der Waals surface area contributed by atoms with Crippen molar-refractivity contribution in [1.82, 2.24) is 15.3 Å². The average Bonchev–Trinajstić information content (AvgIpc) is 3.03. The summed E-state index contributed by atoms with van der Waals surface area (Å²) in [6.45, 7) is 0.317. The molecule has 41 heavy (non-hydrogen) atoms. The van der Waals surface area contributed by atoms with Crippen LogP contribution in [0.2, 0.25) is 0 Å². The number of hydrogen-bond donors (Lipinski definition) is 3. The molecule has 1 aliphatic heterocycles. The van der Waals surface area contributed by atoms with Gasteiger partial charge in [0.15, 0.2) is 6.29 Å². The fraction of sp³-hybridized carbons (Fsp3) is 0.226. The quantitative estimate of drug-likeness (QED) is 0.227. The van der Waals surface area contributed by atoms with E-state index in [4.69, 9.17) is 9.47 Å². The fourth-order valence-electron chi connectivity index (χ4n) is 4.44. The molecule has 0 saturated carbocycles. The predicted octanol–water partition coefficient (Wildman–Crippen LogP) is 4.93. The molecule has 0 unspecified atom stereocenters. The molecule has 3 heterocycles. The van der Waals surface area contributed by atoms with Crippen molar-refractivity contribution in [1.29, 1.82) is 0 Å². The largest absolute Gasteiger partial charge is 0.478 e. The zero-order valence-electron chi connectivity index (χ0n) is 22.1. The zero-order chi connectivity index (χ0) is 28.6. The first-order valence-corrected chi connectivity index (χ1v) is 14.1. The number of pyridine rings is 2. The Bertz CT molecular complexity index is 1470. The highest BCUT2D eigenvalue weighted by Crippen LogP contribution is 2.39. The lowest BCUT2D eigenvalue weighted by atomic mass is 10.0. The van der Waals surface area contributed by atoms with Gasteiger partial charge in [-0.15, -0.1) is 11.8 Å². The molecule has 5 rings (SSSR count). The lowest BCUT2D eigenvalue weighted by Gasteiger charge is -2.36. The summed E-state index contributed by atoms with van der Waals surface area (Å²) in [4.78, 5) is 32.2. The standard InChI is InChI=1S/C31H29N3O6S/c35-18-21-7-9-22(10-8-21)27-15-25(19-41-29-26(30(37)38)4-2-14-33-29)39-31(40-27)23-11-5-20(6-12-23)16-34-28(36)24-3-1-13-32-17-24/h1-14,17,25,27,31,35H,15-16,18-19H2,(H,34,36)(H,37,38)/t25-,27+,31+/m0/s1. The van der Waals surface area contributed by atoms with Crippen molar-refractivity contribution < 1.29 is 29.3 Å². The predicted molar refractivity (Wildman–Crippen MR) is 152 cm³/mol. The molecule has 1 fully saturated rings. The van der Waals surface area contributed by atoms with Crippen LogP contribution >= 0.6 is 11.8 Å². The Morgan fingerprint density at radius 3 is 2.37 bits per heavy atom. The van der Waals surface area contributed by atoms with Crippen LogP contribution in [0.4, 0.5) is 0 Å². The molecule has 1 amide bonds. The molecule has 4 aromatic rings. The van der Waals surface area contributed by atoms with Gasteiger partial charge in [0.2, 0.25) is 0 Å². The maximum atomic E-state index is 12.4. The molecular weight excluding hydrogens is 542 g/mol. The van der Waals surface area contributed by atoms with E-state index in [1.165, 1.54) is 24.0 Å². The van der Waals surface area contributed by atoms with Gasteiger partial charge < -0.3 is 25.0 Å². The second kappa shape index (κ2) is 13.5. The highest BCUT2D eigenvalue weighted by atomic mass is 32.2. The minimum atomic E-state index is -1.02. The molecule has 2 aromatic heterocycles. The summed E-state index contributed by atoms with van der Waals surface area (Å²) in [7, 11) is 0. The van der Waals surface area contributed by atoms with Crippen LogP contribution in [0.1, 0.15) is 61.8 Å². The molecule has 210 valence electrons. The van der Waals surface area contributed by atoms with E-state index in [0.717, 1.165) is 22.3 Å². The molecule has 0 aliphatic carbocycles. The second-order valence-corrected chi connectivity index (χ2v) is 10.5. The second-order valence-electron chi connectivity index (χ2n) is 9.49. The summed E-state index contributed by atoms with van der Waals surface area (Å²) in [5.74, 6) is -0.735. The fourth-order valence-corrected chi connectivity index (χ4v) is 5.44. The molecule has 0 radical (unpaired) electrons. The number of carbonyl (C=O) groups is 2. The third-order valence-electron chi connectivity index (χ3n) is 6.65. The Labute approximate surface area is 241 Å².